The van der Waals surface area contributed by atoms with Gasteiger partial charge in [-0.2, -0.15) is 0 Å². The molecule has 0 saturated carbocycles. The number of rotatable bonds is 6. The summed E-state index contributed by atoms with van der Waals surface area (Å²) < 4.78 is 32.1. The van der Waals surface area contributed by atoms with Gasteiger partial charge in [0, 0.05) is 11.2 Å². The van der Waals surface area contributed by atoms with E-state index in [-0.39, 0.29) is 10.8 Å². The number of anilines is 1. The second-order valence-electron chi connectivity index (χ2n) is 5.36. The number of aliphatic imine (C=N–C) groups is 1. The molecule has 27 heavy (non-hydrogen) atoms. The van der Waals surface area contributed by atoms with Gasteiger partial charge in [-0.3, -0.25) is 4.99 Å². The van der Waals surface area contributed by atoms with E-state index in [0.717, 1.165) is 5.56 Å². The Morgan fingerprint density at radius 3 is 2.44 bits per heavy atom. The third-order valence-electron chi connectivity index (χ3n) is 3.45. The fourth-order valence-corrected chi connectivity index (χ4v) is 3.26. The minimum atomic E-state index is -3.81. The Morgan fingerprint density at radius 1 is 1.11 bits per heavy atom. The van der Waals surface area contributed by atoms with Crippen LogP contribution in [0, 0.1) is 0 Å². The topological polar surface area (TPSA) is 93.5 Å². The first-order chi connectivity index (χ1) is 13.0. The minimum absolute atomic E-state index is 0.0427. The maximum atomic E-state index is 12.4. The minimum Gasteiger partial charge on any atom is -0.494 e. The van der Waals surface area contributed by atoms with Gasteiger partial charge in [0.15, 0.2) is 5.75 Å². The highest BCUT2D eigenvalue weighted by molar-refractivity contribution is 7.92. The molecule has 138 valence electrons. The highest BCUT2D eigenvalue weighted by Gasteiger charge is 2.15. The lowest BCUT2D eigenvalue weighted by Crippen LogP contribution is -2.14. The van der Waals surface area contributed by atoms with Crippen LogP contribution in [-0.2, 0) is 10.0 Å². The van der Waals surface area contributed by atoms with E-state index in [0.29, 0.717) is 16.5 Å². The number of methoxy groups -OCH3 is 1. The summed E-state index contributed by atoms with van der Waals surface area (Å²) in [5.41, 5.74) is 1.45. The van der Waals surface area contributed by atoms with E-state index < -0.39 is 10.0 Å². The summed E-state index contributed by atoms with van der Waals surface area (Å²) >= 11 is 5.93. The lowest BCUT2D eigenvalue weighted by atomic mass is 10.2. The molecule has 0 aliphatic heterocycles. The number of hydrogen-bond acceptors (Lipinski definition) is 6. The Bertz CT molecular complexity index is 1050. The van der Waals surface area contributed by atoms with Crippen LogP contribution in [0.1, 0.15) is 5.56 Å². The van der Waals surface area contributed by atoms with Crippen LogP contribution in [0.5, 0.6) is 5.75 Å². The van der Waals surface area contributed by atoms with Crippen molar-refractivity contribution in [1.29, 1.82) is 0 Å². The van der Waals surface area contributed by atoms with Gasteiger partial charge in [0.1, 0.15) is 0 Å². The molecular formula is C18H15ClN4O3S. The maximum absolute atomic E-state index is 12.4. The van der Waals surface area contributed by atoms with Crippen molar-refractivity contribution in [3.63, 3.8) is 0 Å². The lowest BCUT2D eigenvalue weighted by molar-refractivity contribution is 0.411. The zero-order valence-electron chi connectivity index (χ0n) is 14.2. The monoisotopic (exact) mass is 402 g/mol. The Hall–Kier alpha value is -2.97. The van der Waals surface area contributed by atoms with Gasteiger partial charge in [0.2, 0.25) is 5.95 Å². The predicted molar refractivity (Wildman–Crippen MR) is 105 cm³/mol. The van der Waals surface area contributed by atoms with Crippen molar-refractivity contribution in [2.45, 2.75) is 4.90 Å². The molecule has 2 aromatic carbocycles. The van der Waals surface area contributed by atoms with Crippen molar-refractivity contribution in [1.82, 2.24) is 9.97 Å². The molecule has 9 heteroatoms. The van der Waals surface area contributed by atoms with E-state index in [1.54, 1.807) is 30.5 Å². The average Bonchev–Trinajstić information content (AvgIpc) is 2.67. The third-order valence-corrected chi connectivity index (χ3v) is 5.03. The molecule has 1 aromatic heterocycles. The van der Waals surface area contributed by atoms with Crippen LogP contribution in [-0.4, -0.2) is 31.7 Å². The van der Waals surface area contributed by atoms with Crippen molar-refractivity contribution >= 4 is 39.5 Å². The van der Waals surface area contributed by atoms with Crippen LogP contribution >= 0.6 is 11.6 Å². The molecule has 1 heterocycles. The Labute approximate surface area is 161 Å². The van der Waals surface area contributed by atoms with Crippen LogP contribution in [0.3, 0.4) is 0 Å². The molecule has 0 atom stereocenters. The molecule has 0 saturated heterocycles. The smallest absolute Gasteiger partial charge is 0.264 e. The molecule has 3 aromatic rings. The quantitative estimate of drug-likeness (QED) is 0.634. The van der Waals surface area contributed by atoms with Gasteiger partial charge in [0.05, 0.1) is 30.1 Å². The summed E-state index contributed by atoms with van der Waals surface area (Å²) in [5, 5.41) is 0.618. The van der Waals surface area contributed by atoms with Crippen molar-refractivity contribution in [2.24, 2.45) is 4.99 Å². The molecule has 7 nitrogen and oxygen atoms in total. The van der Waals surface area contributed by atoms with E-state index in [1.165, 1.54) is 31.6 Å². The number of benzene rings is 2. The second-order valence-corrected chi connectivity index (χ2v) is 7.48. The molecular weight excluding hydrogens is 388 g/mol. The van der Waals surface area contributed by atoms with Gasteiger partial charge < -0.3 is 4.74 Å². The normalized spacial score (nSPS) is 11.5. The highest BCUT2D eigenvalue weighted by atomic mass is 35.5. The number of nitrogens with zero attached hydrogens (tertiary/aromatic N) is 3. The van der Waals surface area contributed by atoms with Crippen LogP contribution in [0.2, 0.25) is 5.02 Å². The summed E-state index contributed by atoms with van der Waals surface area (Å²) in [6.45, 7) is 0. The van der Waals surface area contributed by atoms with Crippen molar-refractivity contribution in [3.8, 4) is 5.75 Å². The molecule has 0 aliphatic carbocycles. The van der Waals surface area contributed by atoms with E-state index in [2.05, 4.69) is 19.7 Å². The van der Waals surface area contributed by atoms with Crippen LogP contribution in [0.4, 0.5) is 11.6 Å². The highest BCUT2D eigenvalue weighted by Crippen LogP contribution is 2.19. The summed E-state index contributed by atoms with van der Waals surface area (Å²) in [6.07, 6.45) is 4.40. The summed E-state index contributed by atoms with van der Waals surface area (Å²) in [4.78, 5) is 12.2. The predicted octanol–water partition coefficient (Wildman–Crippen LogP) is 3.69. The van der Waals surface area contributed by atoms with Gasteiger partial charge >= 0.3 is 0 Å². The van der Waals surface area contributed by atoms with Gasteiger partial charge in [-0.1, -0.05) is 23.7 Å². The molecule has 0 bridgehead atoms. The average molecular weight is 403 g/mol. The van der Waals surface area contributed by atoms with Crippen LogP contribution in [0.25, 0.3) is 0 Å². The van der Waals surface area contributed by atoms with Gasteiger partial charge in [-0.05, 0) is 42.0 Å². The maximum Gasteiger partial charge on any atom is 0.264 e. The van der Waals surface area contributed by atoms with Crippen LogP contribution < -0.4 is 9.46 Å². The number of sulfonamides is 1. The second kappa shape index (κ2) is 8.15. The first kappa shape index (κ1) is 18.8. The van der Waals surface area contributed by atoms with Crippen molar-refractivity contribution in [2.75, 3.05) is 11.8 Å². The van der Waals surface area contributed by atoms with E-state index in [1.807, 2.05) is 12.1 Å². The number of halogens is 1. The standard InChI is InChI=1S/C18H15ClN4O3S/c1-26-16-11-21-18(22-12-16)23-27(24,25)17-7-5-15(6-8-17)20-10-13-3-2-4-14(19)9-13/h2-12H,1H3,(H,21,22,23). The third kappa shape index (κ3) is 5.02. The fraction of sp³-hybridized carbons (Fsp3) is 0.0556. The largest absolute Gasteiger partial charge is 0.494 e. The number of nitrogens with one attached hydrogen (secondary N) is 1. The summed E-state index contributed by atoms with van der Waals surface area (Å²) in [7, 11) is -2.34. The van der Waals surface area contributed by atoms with Crippen molar-refractivity contribution in [3.05, 3.63) is 71.5 Å². The fourth-order valence-electron chi connectivity index (χ4n) is 2.10. The Morgan fingerprint density at radius 2 is 1.81 bits per heavy atom. The van der Waals surface area contributed by atoms with Gasteiger partial charge in [0.25, 0.3) is 10.0 Å². The molecule has 0 aliphatic rings. The molecule has 0 fully saturated rings. The molecule has 0 amide bonds. The number of hydrogen-bond donors (Lipinski definition) is 1. The molecule has 0 unspecified atom stereocenters. The molecule has 0 spiro atoms. The Kier molecular flexibility index (Phi) is 5.68. The molecule has 3 rings (SSSR count). The van der Waals surface area contributed by atoms with E-state index in [9.17, 15) is 8.42 Å². The number of aromatic nitrogens is 2. The molecule has 1 N–H and O–H groups in total. The summed E-state index contributed by atoms with van der Waals surface area (Å²) in [5.74, 6) is 0.388. The van der Waals surface area contributed by atoms with Gasteiger partial charge in [-0.15, -0.1) is 0 Å². The Balaban J connectivity index is 1.73. The first-order valence-corrected chi connectivity index (χ1v) is 9.61. The number of ether oxygens (including phenoxy) is 1. The van der Waals surface area contributed by atoms with Gasteiger partial charge in [-0.25, -0.2) is 23.1 Å². The zero-order chi connectivity index (χ0) is 19.3. The van der Waals surface area contributed by atoms with E-state index in [4.69, 9.17) is 16.3 Å². The lowest BCUT2D eigenvalue weighted by Gasteiger charge is -2.07. The van der Waals surface area contributed by atoms with Crippen molar-refractivity contribution < 1.29 is 13.2 Å². The van der Waals surface area contributed by atoms with Crippen LogP contribution in [0.15, 0.2) is 70.8 Å². The van der Waals surface area contributed by atoms with E-state index >= 15 is 0 Å². The SMILES string of the molecule is COc1cnc(NS(=O)(=O)c2ccc(N=Cc3cccc(Cl)c3)cc2)nc1. The summed E-state index contributed by atoms with van der Waals surface area (Å²) in [6, 6.07) is 13.4. The zero-order valence-corrected chi connectivity index (χ0v) is 15.8. The molecule has 0 radical (unpaired) electrons. The first-order valence-electron chi connectivity index (χ1n) is 7.75.